The van der Waals surface area contributed by atoms with Gasteiger partial charge in [-0.1, -0.05) is 29.8 Å². The van der Waals surface area contributed by atoms with E-state index in [1.54, 1.807) is 0 Å². The highest BCUT2D eigenvalue weighted by Crippen LogP contribution is 2.14. The van der Waals surface area contributed by atoms with Crippen molar-refractivity contribution in [2.24, 2.45) is 0 Å². The van der Waals surface area contributed by atoms with Crippen LogP contribution >= 0.6 is 0 Å². The minimum Gasteiger partial charge on any atom is -0.366 e. The molecule has 0 amide bonds. The Morgan fingerprint density at radius 2 is 1.96 bits per heavy atom. The SMILES string of the molecule is Cc1ccc(CNc2cc(C)nc(-n3cc([N+](=O)[O-])cn3)n2)cc1. The number of aromatic nitrogens is 4. The average Bonchev–Trinajstić information content (AvgIpc) is 3.04. The lowest BCUT2D eigenvalue weighted by Crippen LogP contribution is -2.08. The van der Waals surface area contributed by atoms with E-state index in [1.807, 2.05) is 32.0 Å². The second-order valence-electron chi connectivity index (χ2n) is 5.43. The van der Waals surface area contributed by atoms with Gasteiger partial charge in [0.1, 0.15) is 18.2 Å². The summed E-state index contributed by atoms with van der Waals surface area (Å²) in [5.74, 6) is 0.922. The zero-order valence-corrected chi connectivity index (χ0v) is 13.3. The number of nitrogens with zero attached hydrogens (tertiary/aromatic N) is 5. The smallest absolute Gasteiger partial charge is 0.307 e. The molecular formula is C16H16N6O2. The molecule has 1 aromatic carbocycles. The van der Waals surface area contributed by atoms with E-state index in [0.29, 0.717) is 12.4 Å². The second kappa shape index (κ2) is 6.45. The molecule has 24 heavy (non-hydrogen) atoms. The van der Waals surface area contributed by atoms with Crippen LogP contribution in [0.5, 0.6) is 0 Å². The van der Waals surface area contributed by atoms with Gasteiger partial charge >= 0.3 is 5.69 Å². The predicted molar refractivity (Wildman–Crippen MR) is 89.1 cm³/mol. The molecule has 8 heteroatoms. The van der Waals surface area contributed by atoms with Gasteiger partial charge in [-0.2, -0.15) is 14.8 Å². The van der Waals surface area contributed by atoms with Crippen molar-refractivity contribution in [3.05, 3.63) is 69.7 Å². The Hall–Kier alpha value is -3.29. The van der Waals surface area contributed by atoms with Crippen LogP contribution in [0, 0.1) is 24.0 Å². The fraction of sp³-hybridized carbons (Fsp3) is 0.188. The lowest BCUT2D eigenvalue weighted by atomic mass is 10.1. The van der Waals surface area contributed by atoms with Crippen molar-refractivity contribution in [1.82, 2.24) is 19.7 Å². The van der Waals surface area contributed by atoms with Crippen LogP contribution in [0.25, 0.3) is 5.95 Å². The molecule has 122 valence electrons. The van der Waals surface area contributed by atoms with E-state index < -0.39 is 4.92 Å². The average molecular weight is 324 g/mol. The Bertz CT molecular complexity index is 873. The Labute approximate surface area is 138 Å². The van der Waals surface area contributed by atoms with Gasteiger partial charge in [0.25, 0.3) is 5.95 Å². The van der Waals surface area contributed by atoms with Crippen LogP contribution in [0.3, 0.4) is 0 Å². The third-order valence-corrected chi connectivity index (χ3v) is 3.42. The molecule has 0 unspecified atom stereocenters. The van der Waals surface area contributed by atoms with Crippen molar-refractivity contribution in [3.63, 3.8) is 0 Å². The highest BCUT2D eigenvalue weighted by molar-refractivity contribution is 5.40. The summed E-state index contributed by atoms with van der Waals surface area (Å²) in [5, 5.41) is 17.9. The van der Waals surface area contributed by atoms with Gasteiger partial charge < -0.3 is 5.32 Å². The summed E-state index contributed by atoms with van der Waals surface area (Å²) < 4.78 is 1.29. The molecule has 0 spiro atoms. The van der Waals surface area contributed by atoms with Crippen molar-refractivity contribution < 1.29 is 4.92 Å². The van der Waals surface area contributed by atoms with E-state index >= 15 is 0 Å². The molecule has 0 aliphatic carbocycles. The van der Waals surface area contributed by atoms with Crippen molar-refractivity contribution in [3.8, 4) is 5.95 Å². The highest BCUT2D eigenvalue weighted by atomic mass is 16.6. The molecule has 8 nitrogen and oxygen atoms in total. The summed E-state index contributed by atoms with van der Waals surface area (Å²) in [7, 11) is 0. The standard InChI is InChI=1S/C16H16N6O2/c1-11-3-5-13(6-4-11)8-17-15-7-12(2)19-16(20-15)21-10-14(9-18-21)22(23)24/h3-7,9-10H,8H2,1-2H3,(H,17,19,20). The van der Waals surface area contributed by atoms with E-state index in [4.69, 9.17) is 0 Å². The molecule has 1 N–H and O–H groups in total. The molecule has 0 saturated heterocycles. The number of benzene rings is 1. The summed E-state index contributed by atoms with van der Waals surface area (Å²) >= 11 is 0. The molecule has 0 saturated carbocycles. The Balaban J connectivity index is 1.80. The molecule has 0 radical (unpaired) electrons. The summed E-state index contributed by atoms with van der Waals surface area (Å²) in [6.07, 6.45) is 2.46. The molecule has 0 aliphatic rings. The molecule has 2 aromatic heterocycles. The zero-order chi connectivity index (χ0) is 17.1. The zero-order valence-electron chi connectivity index (χ0n) is 13.3. The van der Waals surface area contributed by atoms with Gasteiger partial charge in [0.05, 0.1) is 4.92 Å². The Morgan fingerprint density at radius 1 is 1.21 bits per heavy atom. The van der Waals surface area contributed by atoms with Gasteiger partial charge in [-0.3, -0.25) is 10.1 Å². The number of nitrogens with one attached hydrogen (secondary N) is 1. The molecule has 0 aliphatic heterocycles. The first-order valence-electron chi connectivity index (χ1n) is 7.36. The third-order valence-electron chi connectivity index (χ3n) is 3.42. The number of hydrogen-bond donors (Lipinski definition) is 1. The van der Waals surface area contributed by atoms with Crippen LogP contribution < -0.4 is 5.32 Å². The minimum absolute atomic E-state index is 0.103. The molecule has 0 fully saturated rings. The molecule has 3 rings (SSSR count). The first-order valence-corrected chi connectivity index (χ1v) is 7.36. The number of aryl methyl sites for hydroxylation is 2. The topological polar surface area (TPSA) is 98.8 Å². The van der Waals surface area contributed by atoms with Gasteiger partial charge in [0, 0.05) is 18.3 Å². The fourth-order valence-corrected chi connectivity index (χ4v) is 2.16. The van der Waals surface area contributed by atoms with Crippen LogP contribution in [0.2, 0.25) is 0 Å². The number of rotatable bonds is 5. The summed E-state index contributed by atoms with van der Waals surface area (Å²) in [6.45, 7) is 4.50. The highest BCUT2D eigenvalue weighted by Gasteiger charge is 2.12. The minimum atomic E-state index is -0.504. The first-order chi connectivity index (χ1) is 11.5. The summed E-state index contributed by atoms with van der Waals surface area (Å²) in [6, 6.07) is 10.0. The van der Waals surface area contributed by atoms with Crippen LogP contribution in [-0.4, -0.2) is 24.7 Å². The quantitative estimate of drug-likeness (QED) is 0.572. The maximum absolute atomic E-state index is 10.8. The second-order valence-corrected chi connectivity index (χ2v) is 5.43. The van der Waals surface area contributed by atoms with Gasteiger partial charge in [-0.05, 0) is 19.4 Å². The van der Waals surface area contributed by atoms with E-state index in [1.165, 1.54) is 22.6 Å². The van der Waals surface area contributed by atoms with Crippen LogP contribution in [-0.2, 0) is 6.54 Å². The number of hydrogen-bond acceptors (Lipinski definition) is 6. The fourth-order valence-electron chi connectivity index (χ4n) is 2.16. The third kappa shape index (κ3) is 3.54. The largest absolute Gasteiger partial charge is 0.366 e. The van der Waals surface area contributed by atoms with Crippen molar-refractivity contribution >= 4 is 11.5 Å². The van der Waals surface area contributed by atoms with E-state index in [2.05, 4.69) is 32.5 Å². The maximum atomic E-state index is 10.8. The van der Waals surface area contributed by atoms with E-state index in [9.17, 15) is 10.1 Å². The lowest BCUT2D eigenvalue weighted by molar-refractivity contribution is -0.384. The molecular weight excluding hydrogens is 308 g/mol. The van der Waals surface area contributed by atoms with Crippen molar-refractivity contribution in [1.29, 1.82) is 0 Å². The Morgan fingerprint density at radius 3 is 2.62 bits per heavy atom. The van der Waals surface area contributed by atoms with Crippen molar-refractivity contribution in [2.75, 3.05) is 5.32 Å². The van der Waals surface area contributed by atoms with Crippen LogP contribution in [0.4, 0.5) is 11.5 Å². The Kier molecular flexibility index (Phi) is 4.19. The number of nitro groups is 1. The lowest BCUT2D eigenvalue weighted by Gasteiger charge is -2.08. The summed E-state index contributed by atoms with van der Waals surface area (Å²) in [4.78, 5) is 18.9. The molecule has 0 bridgehead atoms. The monoisotopic (exact) mass is 324 g/mol. The maximum Gasteiger partial charge on any atom is 0.307 e. The molecule has 0 atom stereocenters. The van der Waals surface area contributed by atoms with Gasteiger partial charge in [-0.15, -0.1) is 0 Å². The van der Waals surface area contributed by atoms with Gasteiger partial charge in [0.15, 0.2) is 0 Å². The van der Waals surface area contributed by atoms with Crippen molar-refractivity contribution in [2.45, 2.75) is 20.4 Å². The van der Waals surface area contributed by atoms with Crippen LogP contribution in [0.15, 0.2) is 42.7 Å². The van der Waals surface area contributed by atoms with Gasteiger partial charge in [-0.25, -0.2) is 4.98 Å². The predicted octanol–water partition coefficient (Wildman–Crippen LogP) is 2.80. The first kappa shape index (κ1) is 15.6. The van der Waals surface area contributed by atoms with E-state index in [-0.39, 0.29) is 11.6 Å². The normalized spacial score (nSPS) is 10.6. The molecule has 3 aromatic rings. The van der Waals surface area contributed by atoms with Gasteiger partial charge in [0.2, 0.25) is 0 Å². The van der Waals surface area contributed by atoms with E-state index in [0.717, 1.165) is 11.3 Å². The number of anilines is 1. The summed E-state index contributed by atoms with van der Waals surface area (Å²) in [5.41, 5.74) is 2.98. The molecule has 2 heterocycles. The van der Waals surface area contributed by atoms with Crippen LogP contribution in [0.1, 0.15) is 16.8 Å².